The van der Waals surface area contributed by atoms with Crippen molar-refractivity contribution in [2.45, 2.75) is 6.92 Å². The summed E-state index contributed by atoms with van der Waals surface area (Å²) in [5, 5.41) is 1.82. The number of fused-ring (bicyclic) bond motifs is 3. The van der Waals surface area contributed by atoms with E-state index in [0.717, 1.165) is 21.4 Å². The minimum absolute atomic E-state index is 0.146. The maximum Gasteiger partial charge on any atom is 0.303 e. The molecule has 0 bridgehead atoms. The predicted molar refractivity (Wildman–Crippen MR) is 68.6 cm³/mol. The number of aryl methyl sites for hydroxylation is 1. The van der Waals surface area contributed by atoms with E-state index in [-0.39, 0.29) is 5.56 Å². The predicted octanol–water partition coefficient (Wildman–Crippen LogP) is 1.98. The summed E-state index contributed by atoms with van der Waals surface area (Å²) in [6.45, 7) is 1.90. The zero-order valence-electron chi connectivity index (χ0n) is 9.43. The van der Waals surface area contributed by atoms with E-state index >= 15 is 0 Å². The highest BCUT2D eigenvalue weighted by Gasteiger charge is 2.13. The van der Waals surface area contributed by atoms with Crippen LogP contribution in [0.5, 0.6) is 0 Å². The topological polar surface area (TPSA) is 44.1 Å². The molecule has 4 nitrogen and oxygen atoms in total. The fraction of sp³-hybridized carbons (Fsp3) is 0.167. The summed E-state index contributed by atoms with van der Waals surface area (Å²) in [6, 6.07) is 7.61. The van der Waals surface area contributed by atoms with Crippen LogP contribution in [0.4, 0.5) is 0 Å². The van der Waals surface area contributed by atoms with Crippen LogP contribution in [0.15, 0.2) is 29.1 Å². The van der Waals surface area contributed by atoms with Gasteiger partial charge in [-0.15, -0.1) is 16.1 Å². The Bertz CT molecular complexity index is 773. The van der Waals surface area contributed by atoms with Crippen molar-refractivity contribution in [1.29, 1.82) is 0 Å². The molecule has 0 N–H and O–H groups in total. The minimum Gasteiger partial charge on any atom is -0.413 e. The Morgan fingerprint density at radius 1 is 1.35 bits per heavy atom. The first-order chi connectivity index (χ1) is 8.22. The average molecular weight is 246 g/mol. The summed E-state index contributed by atoms with van der Waals surface area (Å²) in [5.41, 5.74) is 1.37. The van der Waals surface area contributed by atoms with E-state index < -0.39 is 0 Å². The lowest BCUT2D eigenvalue weighted by Gasteiger charge is -2.07. The quantitative estimate of drug-likeness (QED) is 0.659. The van der Waals surface area contributed by atoms with Crippen molar-refractivity contribution < 1.29 is 4.84 Å². The molecule has 0 radical (unpaired) electrons. The van der Waals surface area contributed by atoms with Crippen molar-refractivity contribution in [1.82, 2.24) is 9.71 Å². The molecule has 2 aromatic heterocycles. The number of hydrogen-bond acceptors (Lipinski definition) is 4. The van der Waals surface area contributed by atoms with Gasteiger partial charge >= 0.3 is 5.56 Å². The molecule has 2 heterocycles. The van der Waals surface area contributed by atoms with E-state index in [9.17, 15) is 4.79 Å². The Labute approximate surface area is 101 Å². The average Bonchev–Trinajstić information content (AvgIpc) is 2.72. The summed E-state index contributed by atoms with van der Waals surface area (Å²) < 4.78 is 1.96. The molecular formula is C12H10N2O2S. The fourth-order valence-corrected chi connectivity index (χ4v) is 2.84. The molecule has 0 amide bonds. The van der Waals surface area contributed by atoms with Gasteiger partial charge in [-0.2, -0.15) is 0 Å². The molecule has 0 saturated carbocycles. The maximum absolute atomic E-state index is 12.2. The van der Waals surface area contributed by atoms with Crippen LogP contribution in [0.2, 0.25) is 0 Å². The molecule has 3 rings (SSSR count). The van der Waals surface area contributed by atoms with Gasteiger partial charge in [0.2, 0.25) is 0 Å². The zero-order chi connectivity index (χ0) is 12.0. The molecule has 0 aliphatic rings. The van der Waals surface area contributed by atoms with Crippen molar-refractivity contribution in [3.63, 3.8) is 0 Å². The standard InChI is InChI=1S/C12H10N2O2S/c1-7-13-10-8-5-3-4-6-9(8)14(16-2)12(15)11(10)17-7/h3-6H,1-2H3. The normalized spacial score (nSPS) is 11.2. The molecule has 5 heteroatoms. The second-order valence-corrected chi connectivity index (χ2v) is 4.91. The number of hydrogen-bond donors (Lipinski definition) is 0. The van der Waals surface area contributed by atoms with E-state index in [0.29, 0.717) is 4.70 Å². The number of para-hydroxylation sites is 1. The van der Waals surface area contributed by atoms with E-state index in [2.05, 4.69) is 4.98 Å². The number of thiazole rings is 1. The Hall–Kier alpha value is -1.88. The number of benzene rings is 1. The molecule has 0 aliphatic carbocycles. The molecule has 0 fully saturated rings. The minimum atomic E-state index is -0.146. The van der Waals surface area contributed by atoms with Crippen LogP contribution in [0.25, 0.3) is 21.1 Å². The van der Waals surface area contributed by atoms with E-state index in [4.69, 9.17) is 4.84 Å². The molecule has 0 saturated heterocycles. The molecule has 17 heavy (non-hydrogen) atoms. The Morgan fingerprint density at radius 3 is 2.88 bits per heavy atom. The number of nitrogens with zero attached hydrogens (tertiary/aromatic N) is 2. The molecule has 1 aromatic carbocycles. The van der Waals surface area contributed by atoms with Crippen molar-refractivity contribution >= 4 is 32.5 Å². The third kappa shape index (κ3) is 1.36. The van der Waals surface area contributed by atoms with Crippen molar-refractivity contribution in [2.75, 3.05) is 7.11 Å². The zero-order valence-corrected chi connectivity index (χ0v) is 10.2. The number of rotatable bonds is 1. The molecule has 3 aromatic rings. The smallest absolute Gasteiger partial charge is 0.303 e. The summed E-state index contributed by atoms with van der Waals surface area (Å²) >= 11 is 1.40. The van der Waals surface area contributed by atoms with Crippen LogP contribution in [-0.4, -0.2) is 16.8 Å². The van der Waals surface area contributed by atoms with Crippen LogP contribution in [-0.2, 0) is 0 Å². The van der Waals surface area contributed by atoms with E-state index in [1.807, 2.05) is 31.2 Å². The van der Waals surface area contributed by atoms with Gasteiger partial charge in [-0.3, -0.25) is 4.79 Å². The van der Waals surface area contributed by atoms with Gasteiger partial charge in [0.25, 0.3) is 0 Å². The highest BCUT2D eigenvalue weighted by Crippen LogP contribution is 2.25. The molecular weight excluding hydrogens is 236 g/mol. The van der Waals surface area contributed by atoms with Gasteiger partial charge in [-0.05, 0) is 13.0 Å². The molecule has 0 atom stereocenters. The molecule has 0 spiro atoms. The van der Waals surface area contributed by atoms with Gasteiger partial charge in [-0.1, -0.05) is 18.2 Å². The van der Waals surface area contributed by atoms with Crippen LogP contribution in [0.3, 0.4) is 0 Å². The number of pyridine rings is 1. The number of aromatic nitrogens is 2. The summed E-state index contributed by atoms with van der Waals surface area (Å²) in [7, 11) is 1.49. The molecule has 0 aliphatic heterocycles. The third-order valence-corrected chi connectivity index (χ3v) is 3.63. The van der Waals surface area contributed by atoms with E-state index in [1.165, 1.54) is 23.2 Å². The van der Waals surface area contributed by atoms with Crippen LogP contribution in [0, 0.1) is 6.92 Å². The third-order valence-electron chi connectivity index (χ3n) is 2.67. The lowest BCUT2D eigenvalue weighted by molar-refractivity contribution is 0.171. The van der Waals surface area contributed by atoms with Gasteiger partial charge in [0.15, 0.2) is 0 Å². The van der Waals surface area contributed by atoms with Crippen molar-refractivity contribution in [3.05, 3.63) is 39.6 Å². The van der Waals surface area contributed by atoms with Crippen LogP contribution in [0.1, 0.15) is 5.01 Å². The first-order valence-electron chi connectivity index (χ1n) is 5.17. The Balaban J connectivity index is 2.68. The van der Waals surface area contributed by atoms with Gasteiger partial charge in [-0.25, -0.2) is 4.98 Å². The lowest BCUT2D eigenvalue weighted by Crippen LogP contribution is -2.24. The van der Waals surface area contributed by atoms with Gasteiger partial charge in [0.05, 0.1) is 16.0 Å². The van der Waals surface area contributed by atoms with Crippen molar-refractivity contribution in [2.24, 2.45) is 0 Å². The first kappa shape index (κ1) is 10.3. The fourth-order valence-electron chi connectivity index (χ4n) is 1.99. The maximum atomic E-state index is 12.2. The lowest BCUT2D eigenvalue weighted by atomic mass is 10.2. The summed E-state index contributed by atoms with van der Waals surface area (Å²) in [6.07, 6.45) is 0. The van der Waals surface area contributed by atoms with Gasteiger partial charge < -0.3 is 4.84 Å². The summed E-state index contributed by atoms with van der Waals surface area (Å²) in [5.74, 6) is 0. The second-order valence-electron chi connectivity index (χ2n) is 3.71. The first-order valence-corrected chi connectivity index (χ1v) is 5.99. The van der Waals surface area contributed by atoms with Gasteiger partial charge in [0, 0.05) is 5.39 Å². The second kappa shape index (κ2) is 3.56. The largest absolute Gasteiger partial charge is 0.413 e. The van der Waals surface area contributed by atoms with Crippen molar-refractivity contribution in [3.8, 4) is 0 Å². The Kier molecular flexibility index (Phi) is 2.16. The molecule has 0 unspecified atom stereocenters. The highest BCUT2D eigenvalue weighted by atomic mass is 32.1. The van der Waals surface area contributed by atoms with Crippen LogP contribution < -0.4 is 10.4 Å². The highest BCUT2D eigenvalue weighted by molar-refractivity contribution is 7.18. The molecule has 86 valence electrons. The van der Waals surface area contributed by atoms with Gasteiger partial charge in [0.1, 0.15) is 11.8 Å². The van der Waals surface area contributed by atoms with Crippen LogP contribution >= 0.6 is 11.3 Å². The summed E-state index contributed by atoms with van der Waals surface area (Å²) in [4.78, 5) is 21.8. The monoisotopic (exact) mass is 246 g/mol. The Morgan fingerprint density at radius 2 is 2.12 bits per heavy atom. The van der Waals surface area contributed by atoms with E-state index in [1.54, 1.807) is 0 Å². The SMILES string of the molecule is COn1c(=O)c2sc(C)nc2c2ccccc21.